The van der Waals surface area contributed by atoms with Crippen molar-refractivity contribution in [2.24, 2.45) is 4.99 Å². The Morgan fingerprint density at radius 2 is 1.91 bits per heavy atom. The minimum absolute atomic E-state index is 0.0991. The number of thioether (sulfide) groups is 1. The van der Waals surface area contributed by atoms with E-state index in [1.165, 1.54) is 32.0 Å². The number of amides is 1. The highest BCUT2D eigenvalue weighted by Gasteiger charge is 2.24. The van der Waals surface area contributed by atoms with Crippen molar-refractivity contribution in [3.05, 3.63) is 81.1 Å². The first-order valence-electron chi connectivity index (χ1n) is 9.98. The first kappa shape index (κ1) is 23.7. The molecule has 1 N–H and O–H groups in total. The smallest absolute Gasteiger partial charge is 0.373 e. The fourth-order valence-electron chi connectivity index (χ4n) is 2.97. The standard InChI is InChI=1S/C24H19BrN2O6S/c1-30-20-11-14(3-9-18(20)32-13-17-8-10-19(33-17)23(29)31-2)12-21-22(28)27-24(34-21)26-16-6-4-15(25)5-7-16/h3-12H,13H2,1-2H3,(H,26,27,28)/b21-12+. The summed E-state index contributed by atoms with van der Waals surface area (Å²) in [6.07, 6.45) is 1.76. The molecule has 174 valence electrons. The largest absolute Gasteiger partial charge is 0.493 e. The summed E-state index contributed by atoms with van der Waals surface area (Å²) in [5.41, 5.74) is 1.50. The zero-order chi connectivity index (χ0) is 24.1. The van der Waals surface area contributed by atoms with Crippen LogP contribution in [0.1, 0.15) is 21.9 Å². The first-order chi connectivity index (χ1) is 16.4. The summed E-state index contributed by atoms with van der Waals surface area (Å²) < 4.78 is 22.2. The third kappa shape index (κ3) is 5.70. The molecule has 0 unspecified atom stereocenters. The molecular weight excluding hydrogens is 524 g/mol. The van der Waals surface area contributed by atoms with Gasteiger partial charge in [0.25, 0.3) is 5.91 Å². The summed E-state index contributed by atoms with van der Waals surface area (Å²) in [7, 11) is 2.81. The molecule has 34 heavy (non-hydrogen) atoms. The summed E-state index contributed by atoms with van der Waals surface area (Å²) in [5, 5.41) is 3.28. The number of ether oxygens (including phenoxy) is 3. The van der Waals surface area contributed by atoms with Crippen LogP contribution in [0.5, 0.6) is 11.5 Å². The molecule has 1 aliphatic rings. The van der Waals surface area contributed by atoms with E-state index in [0.29, 0.717) is 27.3 Å². The number of hydrogen-bond donors (Lipinski definition) is 1. The van der Waals surface area contributed by atoms with Crippen LogP contribution < -0.4 is 14.8 Å². The molecule has 2 aromatic carbocycles. The van der Waals surface area contributed by atoms with Gasteiger partial charge in [0.05, 0.1) is 24.8 Å². The molecule has 8 nitrogen and oxygen atoms in total. The highest BCUT2D eigenvalue weighted by atomic mass is 79.9. The summed E-state index contributed by atoms with van der Waals surface area (Å²) in [4.78, 5) is 28.9. The number of benzene rings is 2. The van der Waals surface area contributed by atoms with Gasteiger partial charge >= 0.3 is 5.97 Å². The Balaban J connectivity index is 1.45. The predicted octanol–water partition coefficient (Wildman–Crippen LogP) is 5.31. The number of methoxy groups -OCH3 is 2. The average Bonchev–Trinajstić information content (AvgIpc) is 3.45. The van der Waals surface area contributed by atoms with Crippen molar-refractivity contribution < 1.29 is 28.2 Å². The van der Waals surface area contributed by atoms with Crippen LogP contribution in [-0.2, 0) is 16.1 Å². The van der Waals surface area contributed by atoms with Gasteiger partial charge < -0.3 is 23.9 Å². The normalized spacial score (nSPS) is 15.4. The van der Waals surface area contributed by atoms with Crippen molar-refractivity contribution in [1.29, 1.82) is 0 Å². The number of nitrogens with one attached hydrogen (secondary N) is 1. The number of hydrogen-bond acceptors (Lipinski definition) is 8. The van der Waals surface area contributed by atoms with Crippen LogP contribution in [0.3, 0.4) is 0 Å². The Hall–Kier alpha value is -3.50. The van der Waals surface area contributed by atoms with Crippen molar-refractivity contribution in [1.82, 2.24) is 5.32 Å². The van der Waals surface area contributed by atoms with Crippen molar-refractivity contribution >= 4 is 56.5 Å². The molecule has 3 aromatic rings. The van der Waals surface area contributed by atoms with Gasteiger partial charge in [-0.15, -0.1) is 0 Å². The fourth-order valence-corrected chi connectivity index (χ4v) is 4.08. The summed E-state index contributed by atoms with van der Waals surface area (Å²) in [6, 6.07) is 16.0. The lowest BCUT2D eigenvalue weighted by molar-refractivity contribution is -0.115. The number of amidine groups is 1. The quantitative estimate of drug-likeness (QED) is 0.319. The van der Waals surface area contributed by atoms with Crippen LogP contribution in [0.2, 0.25) is 0 Å². The number of carbonyl (C=O) groups excluding carboxylic acids is 2. The molecule has 0 saturated carbocycles. The Kier molecular flexibility index (Phi) is 7.39. The lowest BCUT2D eigenvalue weighted by Crippen LogP contribution is -2.19. The molecule has 1 amide bonds. The number of nitrogens with zero attached hydrogens (tertiary/aromatic N) is 1. The van der Waals surface area contributed by atoms with E-state index in [2.05, 4.69) is 31.0 Å². The first-order valence-corrected chi connectivity index (χ1v) is 11.6. The van der Waals surface area contributed by atoms with Crippen LogP contribution in [-0.4, -0.2) is 31.3 Å². The second-order valence-corrected chi connectivity index (χ2v) is 8.86. The van der Waals surface area contributed by atoms with E-state index in [9.17, 15) is 9.59 Å². The van der Waals surface area contributed by atoms with Gasteiger partial charge in [0.1, 0.15) is 12.4 Å². The van der Waals surface area contributed by atoms with Crippen molar-refractivity contribution in [2.45, 2.75) is 6.61 Å². The molecule has 0 atom stereocenters. The number of rotatable bonds is 7. The third-order valence-corrected chi connectivity index (χ3v) is 6.05. The highest BCUT2D eigenvalue weighted by Crippen LogP contribution is 2.33. The lowest BCUT2D eigenvalue weighted by atomic mass is 10.2. The predicted molar refractivity (Wildman–Crippen MR) is 132 cm³/mol. The fraction of sp³-hybridized carbons (Fsp3) is 0.125. The van der Waals surface area contributed by atoms with Crippen LogP contribution in [0, 0.1) is 0 Å². The van der Waals surface area contributed by atoms with E-state index in [-0.39, 0.29) is 18.3 Å². The Morgan fingerprint density at radius 3 is 2.65 bits per heavy atom. The van der Waals surface area contributed by atoms with Gasteiger partial charge in [-0.25, -0.2) is 9.79 Å². The van der Waals surface area contributed by atoms with E-state index in [1.54, 1.807) is 24.3 Å². The van der Waals surface area contributed by atoms with Gasteiger partial charge in [-0.2, -0.15) is 0 Å². The van der Waals surface area contributed by atoms with Crippen molar-refractivity contribution in [2.75, 3.05) is 14.2 Å². The molecule has 1 aromatic heterocycles. The van der Waals surface area contributed by atoms with Gasteiger partial charge in [0.2, 0.25) is 5.76 Å². The number of halogens is 1. The minimum Gasteiger partial charge on any atom is -0.493 e. The molecule has 1 aliphatic heterocycles. The SMILES string of the molecule is COC(=O)c1ccc(COc2ccc(/C=C3/SC(=Nc4ccc(Br)cc4)NC3=O)cc2OC)o1. The van der Waals surface area contributed by atoms with Gasteiger partial charge in [-0.05, 0) is 71.9 Å². The molecule has 0 aliphatic carbocycles. The Morgan fingerprint density at radius 1 is 1.12 bits per heavy atom. The van der Waals surface area contributed by atoms with Gasteiger partial charge in [-0.3, -0.25) is 4.79 Å². The van der Waals surface area contributed by atoms with Crippen LogP contribution in [0.4, 0.5) is 5.69 Å². The second-order valence-electron chi connectivity index (χ2n) is 6.91. The molecule has 0 radical (unpaired) electrons. The van der Waals surface area contributed by atoms with Crippen LogP contribution in [0.15, 0.2) is 73.4 Å². The van der Waals surface area contributed by atoms with Gasteiger partial charge in [0, 0.05) is 4.47 Å². The second kappa shape index (κ2) is 10.6. The van der Waals surface area contributed by atoms with E-state index >= 15 is 0 Å². The maximum atomic E-state index is 12.4. The molecule has 4 rings (SSSR count). The van der Waals surface area contributed by atoms with Crippen molar-refractivity contribution in [3.63, 3.8) is 0 Å². The molecule has 2 heterocycles. The number of esters is 1. The Bertz CT molecular complexity index is 1280. The molecule has 10 heteroatoms. The summed E-state index contributed by atoms with van der Waals surface area (Å²) in [5.74, 6) is 0.762. The van der Waals surface area contributed by atoms with Gasteiger partial charge in [0.15, 0.2) is 16.7 Å². The molecule has 0 bridgehead atoms. The number of aliphatic imine (C=N–C) groups is 1. The van der Waals surface area contributed by atoms with Crippen LogP contribution >= 0.6 is 27.7 Å². The zero-order valence-electron chi connectivity index (χ0n) is 18.2. The minimum atomic E-state index is -0.555. The lowest BCUT2D eigenvalue weighted by Gasteiger charge is -2.10. The summed E-state index contributed by atoms with van der Waals surface area (Å²) in [6.45, 7) is 0.0991. The van der Waals surface area contributed by atoms with E-state index in [1.807, 2.05) is 30.3 Å². The topological polar surface area (TPSA) is 99.4 Å². The average molecular weight is 543 g/mol. The maximum Gasteiger partial charge on any atom is 0.373 e. The zero-order valence-corrected chi connectivity index (χ0v) is 20.6. The molecule has 1 saturated heterocycles. The summed E-state index contributed by atoms with van der Waals surface area (Å²) >= 11 is 4.65. The molecule has 0 spiro atoms. The molecule has 1 fully saturated rings. The third-order valence-electron chi connectivity index (χ3n) is 4.61. The number of furan rings is 1. The number of carbonyl (C=O) groups is 2. The molecular formula is C24H19BrN2O6S. The highest BCUT2D eigenvalue weighted by molar-refractivity contribution is 9.10. The van der Waals surface area contributed by atoms with Gasteiger partial charge in [-0.1, -0.05) is 22.0 Å². The maximum absolute atomic E-state index is 12.4. The van der Waals surface area contributed by atoms with E-state index in [0.717, 1.165) is 15.7 Å². The van der Waals surface area contributed by atoms with Crippen LogP contribution in [0.25, 0.3) is 6.08 Å². The Labute approximate surface area is 208 Å². The van der Waals surface area contributed by atoms with E-state index in [4.69, 9.17) is 13.9 Å². The van der Waals surface area contributed by atoms with E-state index < -0.39 is 5.97 Å². The van der Waals surface area contributed by atoms with Crippen molar-refractivity contribution in [3.8, 4) is 11.5 Å². The monoisotopic (exact) mass is 542 g/mol.